The van der Waals surface area contributed by atoms with Crippen LogP contribution in [0.2, 0.25) is 0 Å². The van der Waals surface area contributed by atoms with Crippen molar-refractivity contribution >= 4 is 36.4 Å². The molecule has 0 rings (SSSR count). The first-order valence-corrected chi connectivity index (χ1v) is 6.74. The number of rotatable bonds is 9. The molecule has 120 valence electrons. The minimum absolute atomic E-state index is 0.0656. The van der Waals surface area contributed by atoms with Crippen LogP contribution in [-0.4, -0.2) is 57.8 Å². The summed E-state index contributed by atoms with van der Waals surface area (Å²) in [5.41, 5.74) is 5.48. The topological polar surface area (TPSA) is 159 Å². The Bertz CT molecular complexity index is 417. The molecule has 0 aliphatic heterocycles. The minimum atomic E-state index is -1.24. The van der Waals surface area contributed by atoms with Gasteiger partial charge in [0.15, 0.2) is 0 Å². The molecule has 0 bridgehead atoms. The van der Waals surface area contributed by atoms with Gasteiger partial charge in [0.2, 0.25) is 11.8 Å². The van der Waals surface area contributed by atoms with E-state index in [-0.39, 0.29) is 18.6 Å². The maximum absolute atomic E-state index is 11.7. The van der Waals surface area contributed by atoms with E-state index in [0.717, 1.165) is 0 Å². The van der Waals surface area contributed by atoms with E-state index >= 15 is 0 Å². The van der Waals surface area contributed by atoms with Gasteiger partial charge in [-0.1, -0.05) is 0 Å². The molecule has 0 aromatic carbocycles. The zero-order valence-corrected chi connectivity index (χ0v) is 12.3. The Balaban J connectivity index is 4.36. The lowest BCUT2D eigenvalue weighted by Gasteiger charge is -2.19. The average molecular weight is 321 g/mol. The number of carbonyl (C=O) groups is 4. The van der Waals surface area contributed by atoms with Gasteiger partial charge in [0.1, 0.15) is 12.1 Å². The van der Waals surface area contributed by atoms with E-state index in [1.165, 1.54) is 6.92 Å². The van der Waals surface area contributed by atoms with E-state index in [4.69, 9.17) is 15.9 Å². The molecule has 0 aromatic heterocycles. The highest BCUT2D eigenvalue weighted by Gasteiger charge is 2.24. The number of nitrogens with two attached hydrogens (primary N) is 1. The zero-order chi connectivity index (χ0) is 16.6. The molecule has 0 heterocycles. The second-order valence-corrected chi connectivity index (χ2v) is 4.72. The summed E-state index contributed by atoms with van der Waals surface area (Å²) in [7, 11) is 0. The van der Waals surface area contributed by atoms with Crippen LogP contribution >= 0.6 is 12.6 Å². The molecule has 0 fully saturated rings. The minimum Gasteiger partial charge on any atom is -0.481 e. The monoisotopic (exact) mass is 321 g/mol. The Morgan fingerprint density at radius 3 is 2.14 bits per heavy atom. The number of amides is 2. The van der Waals surface area contributed by atoms with Crippen LogP contribution in [0.25, 0.3) is 0 Å². The van der Waals surface area contributed by atoms with Crippen LogP contribution < -0.4 is 16.4 Å². The van der Waals surface area contributed by atoms with Crippen molar-refractivity contribution in [3.8, 4) is 0 Å². The highest BCUT2D eigenvalue weighted by Crippen LogP contribution is 1.97. The van der Waals surface area contributed by atoms with Crippen molar-refractivity contribution in [3.05, 3.63) is 0 Å². The summed E-state index contributed by atoms with van der Waals surface area (Å²) in [5.74, 6) is -3.80. The maximum atomic E-state index is 11.7. The molecule has 9 nitrogen and oxygen atoms in total. The summed E-state index contributed by atoms with van der Waals surface area (Å²) in [6.07, 6.45) is -0.334. The summed E-state index contributed by atoms with van der Waals surface area (Å²) in [5, 5.41) is 21.7. The molecule has 0 unspecified atom stereocenters. The van der Waals surface area contributed by atoms with Gasteiger partial charge < -0.3 is 26.6 Å². The van der Waals surface area contributed by atoms with Crippen molar-refractivity contribution in [2.24, 2.45) is 5.73 Å². The van der Waals surface area contributed by atoms with Gasteiger partial charge in [-0.3, -0.25) is 14.4 Å². The van der Waals surface area contributed by atoms with Crippen LogP contribution in [0.15, 0.2) is 0 Å². The standard InChI is InChI=1S/C11H19N3O6S/c1-5(9(17)14-7(4-21)11(19)20)13-10(18)6(12)2-3-8(15)16/h5-7,21H,2-4,12H2,1H3,(H,13,18)(H,14,17)(H,15,16)(H,19,20)/t5-,6-,7-/m0/s1. The first-order chi connectivity index (χ1) is 9.68. The number of aliphatic carboxylic acids is 2. The molecule has 2 amide bonds. The predicted octanol–water partition coefficient (Wildman–Crippen LogP) is -1.82. The van der Waals surface area contributed by atoms with Crippen molar-refractivity contribution in [1.82, 2.24) is 10.6 Å². The molecule has 21 heavy (non-hydrogen) atoms. The average Bonchev–Trinajstić information content (AvgIpc) is 2.40. The molecule has 0 radical (unpaired) electrons. The molecule has 6 N–H and O–H groups in total. The van der Waals surface area contributed by atoms with E-state index in [1.807, 2.05) is 0 Å². The maximum Gasteiger partial charge on any atom is 0.327 e. The Labute approximate surface area is 126 Å². The molecular formula is C11H19N3O6S. The number of thiol groups is 1. The molecule has 0 saturated carbocycles. The predicted molar refractivity (Wildman–Crippen MR) is 75.9 cm³/mol. The van der Waals surface area contributed by atoms with E-state index < -0.39 is 41.9 Å². The first kappa shape index (κ1) is 19.2. The van der Waals surface area contributed by atoms with Crippen molar-refractivity contribution in [3.63, 3.8) is 0 Å². The van der Waals surface area contributed by atoms with E-state index in [1.54, 1.807) is 0 Å². The normalized spacial score (nSPS) is 14.6. The van der Waals surface area contributed by atoms with E-state index in [9.17, 15) is 19.2 Å². The van der Waals surface area contributed by atoms with Gasteiger partial charge in [-0.05, 0) is 13.3 Å². The van der Waals surface area contributed by atoms with Crippen LogP contribution in [0, 0.1) is 0 Å². The summed E-state index contributed by atoms with van der Waals surface area (Å²) < 4.78 is 0. The van der Waals surface area contributed by atoms with Gasteiger partial charge in [-0.15, -0.1) is 0 Å². The quantitative estimate of drug-likeness (QED) is 0.273. The lowest BCUT2D eigenvalue weighted by molar-refractivity contribution is -0.141. The number of hydrogen-bond donors (Lipinski definition) is 6. The largest absolute Gasteiger partial charge is 0.481 e. The van der Waals surface area contributed by atoms with Crippen LogP contribution in [0.4, 0.5) is 0 Å². The fourth-order valence-electron chi connectivity index (χ4n) is 1.28. The summed E-state index contributed by atoms with van der Waals surface area (Å²) in [4.78, 5) is 44.4. The van der Waals surface area contributed by atoms with Crippen molar-refractivity contribution < 1.29 is 29.4 Å². The molecule has 0 aliphatic carbocycles. The molecule has 0 spiro atoms. The summed E-state index contributed by atoms with van der Waals surface area (Å²) in [6, 6.07) is -3.23. The number of carbonyl (C=O) groups excluding carboxylic acids is 2. The third kappa shape index (κ3) is 7.51. The van der Waals surface area contributed by atoms with Gasteiger partial charge >= 0.3 is 11.9 Å². The van der Waals surface area contributed by atoms with Crippen LogP contribution in [0.5, 0.6) is 0 Å². The van der Waals surface area contributed by atoms with Gasteiger partial charge in [0.05, 0.1) is 6.04 Å². The molecule has 0 aromatic rings. The third-order valence-electron chi connectivity index (χ3n) is 2.56. The van der Waals surface area contributed by atoms with Gasteiger partial charge in [-0.25, -0.2) is 4.79 Å². The fourth-order valence-corrected chi connectivity index (χ4v) is 1.53. The third-order valence-corrected chi connectivity index (χ3v) is 2.92. The Morgan fingerprint density at radius 1 is 1.14 bits per heavy atom. The van der Waals surface area contributed by atoms with Crippen molar-refractivity contribution in [2.45, 2.75) is 37.9 Å². The van der Waals surface area contributed by atoms with E-state index in [0.29, 0.717) is 0 Å². The lowest BCUT2D eigenvalue weighted by atomic mass is 10.1. The second kappa shape index (κ2) is 9.19. The van der Waals surface area contributed by atoms with Crippen molar-refractivity contribution in [1.29, 1.82) is 0 Å². The Hall–Kier alpha value is -1.81. The molecule has 0 saturated heterocycles. The van der Waals surface area contributed by atoms with Crippen LogP contribution in [-0.2, 0) is 19.2 Å². The van der Waals surface area contributed by atoms with Crippen LogP contribution in [0.1, 0.15) is 19.8 Å². The number of hydrogen-bond acceptors (Lipinski definition) is 6. The highest BCUT2D eigenvalue weighted by molar-refractivity contribution is 7.80. The molecule has 0 aliphatic rings. The van der Waals surface area contributed by atoms with Crippen molar-refractivity contribution in [2.75, 3.05) is 5.75 Å². The number of nitrogens with one attached hydrogen (secondary N) is 2. The first-order valence-electron chi connectivity index (χ1n) is 6.10. The smallest absolute Gasteiger partial charge is 0.327 e. The highest BCUT2D eigenvalue weighted by atomic mass is 32.1. The lowest BCUT2D eigenvalue weighted by Crippen LogP contribution is -2.53. The zero-order valence-electron chi connectivity index (χ0n) is 11.4. The molecular weight excluding hydrogens is 302 g/mol. The SMILES string of the molecule is C[C@H](NC(=O)[C@@H](N)CCC(=O)O)C(=O)N[C@@H](CS)C(=O)O. The number of carboxylic acid groups (broad SMARTS) is 2. The van der Waals surface area contributed by atoms with Gasteiger partial charge in [-0.2, -0.15) is 12.6 Å². The Kier molecular flexibility index (Phi) is 8.39. The molecule has 3 atom stereocenters. The second-order valence-electron chi connectivity index (χ2n) is 4.35. The van der Waals surface area contributed by atoms with Crippen LogP contribution in [0.3, 0.4) is 0 Å². The van der Waals surface area contributed by atoms with Gasteiger partial charge in [0.25, 0.3) is 0 Å². The Morgan fingerprint density at radius 2 is 1.71 bits per heavy atom. The summed E-state index contributed by atoms with van der Waals surface area (Å²) >= 11 is 3.79. The fraction of sp³-hybridized carbons (Fsp3) is 0.636. The number of carboxylic acids is 2. The summed E-state index contributed by atoms with van der Waals surface area (Å²) in [6.45, 7) is 1.36. The molecule has 10 heteroatoms. The van der Waals surface area contributed by atoms with Gasteiger partial charge in [0, 0.05) is 12.2 Å². The van der Waals surface area contributed by atoms with E-state index in [2.05, 4.69) is 23.3 Å².